The Hall–Kier alpha value is -2.37. The fourth-order valence-electron chi connectivity index (χ4n) is 3.44. The number of rotatable bonds is 2. The monoisotopic (exact) mass is 330 g/mol. The van der Waals surface area contributed by atoms with E-state index in [-0.39, 0.29) is 6.61 Å². The van der Waals surface area contributed by atoms with Crippen LogP contribution >= 0.6 is 0 Å². The second kappa shape index (κ2) is 5.61. The molecule has 0 aliphatic carbocycles. The van der Waals surface area contributed by atoms with E-state index in [2.05, 4.69) is 17.3 Å². The van der Waals surface area contributed by atoms with E-state index < -0.39 is 23.6 Å². The third-order valence-electron chi connectivity index (χ3n) is 4.47. The summed E-state index contributed by atoms with van der Waals surface area (Å²) >= 11 is 0. The van der Waals surface area contributed by atoms with Crippen LogP contribution in [0.25, 0.3) is 0 Å². The number of oxime groups is 1. The quantitative estimate of drug-likeness (QED) is 0.836. The van der Waals surface area contributed by atoms with Gasteiger partial charge in [-0.3, -0.25) is 4.79 Å². The van der Waals surface area contributed by atoms with Gasteiger partial charge in [-0.25, -0.2) is 9.69 Å². The Morgan fingerprint density at radius 2 is 1.88 bits per heavy atom. The normalized spacial score (nSPS) is 22.2. The van der Waals surface area contributed by atoms with Gasteiger partial charge in [-0.2, -0.15) is 0 Å². The maximum Gasteiger partial charge on any atom is 0.417 e. The largest absolute Gasteiger partial charge is 0.447 e. The highest BCUT2D eigenvalue weighted by molar-refractivity contribution is 6.07. The SMILES string of the molecule is Cc1cc(C)c(C2=NOC(C(=O)N3C(=O)OCC3(C)C)C2)c(C)c1. The molecule has 6 nitrogen and oxygen atoms in total. The van der Waals surface area contributed by atoms with Crippen LogP contribution in [-0.4, -0.2) is 40.9 Å². The molecule has 0 aromatic heterocycles. The molecule has 0 spiro atoms. The zero-order chi connectivity index (χ0) is 17.6. The summed E-state index contributed by atoms with van der Waals surface area (Å²) in [4.78, 5) is 31.1. The third kappa shape index (κ3) is 2.66. The first-order valence-corrected chi connectivity index (χ1v) is 8.02. The Balaban J connectivity index is 1.81. The minimum Gasteiger partial charge on any atom is -0.447 e. The van der Waals surface area contributed by atoms with Crippen LogP contribution in [0.1, 0.15) is 42.5 Å². The van der Waals surface area contributed by atoms with Crippen molar-refractivity contribution in [3.05, 3.63) is 34.4 Å². The van der Waals surface area contributed by atoms with Crippen molar-refractivity contribution in [2.24, 2.45) is 5.16 Å². The molecular weight excluding hydrogens is 308 g/mol. The molecule has 128 valence electrons. The van der Waals surface area contributed by atoms with Crippen LogP contribution in [0.5, 0.6) is 0 Å². The van der Waals surface area contributed by atoms with E-state index in [1.54, 1.807) is 13.8 Å². The van der Waals surface area contributed by atoms with Crippen LogP contribution < -0.4 is 0 Å². The summed E-state index contributed by atoms with van der Waals surface area (Å²) in [5, 5.41) is 4.12. The van der Waals surface area contributed by atoms with Crippen LogP contribution in [0.15, 0.2) is 17.3 Å². The van der Waals surface area contributed by atoms with Gasteiger partial charge < -0.3 is 9.57 Å². The lowest BCUT2D eigenvalue weighted by molar-refractivity contribution is -0.141. The zero-order valence-electron chi connectivity index (χ0n) is 14.7. The highest BCUT2D eigenvalue weighted by atomic mass is 16.6. The van der Waals surface area contributed by atoms with E-state index in [1.807, 2.05) is 20.8 Å². The molecule has 1 aromatic rings. The van der Waals surface area contributed by atoms with Crippen LogP contribution in [0.4, 0.5) is 4.79 Å². The number of aryl methyl sites for hydroxylation is 3. The van der Waals surface area contributed by atoms with Gasteiger partial charge in [0, 0.05) is 12.0 Å². The lowest BCUT2D eigenvalue weighted by atomic mass is 9.93. The van der Waals surface area contributed by atoms with Crippen molar-refractivity contribution in [3.8, 4) is 0 Å². The second-order valence-electron chi connectivity index (χ2n) is 7.15. The molecule has 1 unspecified atom stereocenters. The van der Waals surface area contributed by atoms with E-state index in [0.29, 0.717) is 6.42 Å². The standard InChI is InChI=1S/C18H22N2O4/c1-10-6-11(2)15(12(3)7-10)13-8-14(24-19-13)16(21)20-17(22)23-9-18(20,4)5/h6-7,14H,8-9H2,1-5H3. The molecule has 0 bridgehead atoms. The van der Waals surface area contributed by atoms with E-state index in [0.717, 1.165) is 27.3 Å². The number of carbonyl (C=O) groups excluding carboxylic acids is 2. The lowest BCUT2D eigenvalue weighted by Gasteiger charge is -2.27. The molecule has 3 rings (SSSR count). The second-order valence-corrected chi connectivity index (χ2v) is 7.15. The number of nitrogens with zero attached hydrogens (tertiary/aromatic N) is 2. The first-order chi connectivity index (χ1) is 11.2. The number of ether oxygens (including phenoxy) is 1. The van der Waals surface area contributed by atoms with Gasteiger partial charge >= 0.3 is 6.09 Å². The smallest absolute Gasteiger partial charge is 0.417 e. The van der Waals surface area contributed by atoms with E-state index in [1.165, 1.54) is 5.56 Å². The van der Waals surface area contributed by atoms with E-state index in [9.17, 15) is 9.59 Å². The van der Waals surface area contributed by atoms with Gasteiger partial charge in [-0.15, -0.1) is 0 Å². The summed E-state index contributed by atoms with van der Waals surface area (Å²) in [6.45, 7) is 9.86. The fourth-order valence-corrected chi connectivity index (χ4v) is 3.44. The Labute approximate surface area is 141 Å². The Morgan fingerprint density at radius 1 is 1.25 bits per heavy atom. The van der Waals surface area contributed by atoms with E-state index >= 15 is 0 Å². The summed E-state index contributed by atoms with van der Waals surface area (Å²) < 4.78 is 5.00. The number of hydrogen-bond donors (Lipinski definition) is 0. The van der Waals surface area contributed by atoms with Gasteiger partial charge in [0.15, 0.2) is 0 Å². The fraction of sp³-hybridized carbons (Fsp3) is 0.500. The van der Waals surface area contributed by atoms with Gasteiger partial charge in [0.1, 0.15) is 6.61 Å². The molecule has 6 heteroatoms. The zero-order valence-corrected chi connectivity index (χ0v) is 14.7. The summed E-state index contributed by atoms with van der Waals surface area (Å²) in [5.74, 6) is -0.399. The summed E-state index contributed by atoms with van der Waals surface area (Å²) in [5.41, 5.74) is 4.47. The highest BCUT2D eigenvalue weighted by Crippen LogP contribution is 2.29. The molecule has 0 N–H and O–H groups in total. The highest BCUT2D eigenvalue weighted by Gasteiger charge is 2.48. The van der Waals surface area contributed by atoms with Crippen LogP contribution in [0.3, 0.4) is 0 Å². The Bertz CT molecular complexity index is 728. The number of amides is 2. The van der Waals surface area contributed by atoms with Crippen molar-refractivity contribution >= 4 is 17.7 Å². The number of benzene rings is 1. The topological polar surface area (TPSA) is 68.2 Å². The average Bonchev–Trinajstić information content (AvgIpc) is 3.03. The van der Waals surface area contributed by atoms with Gasteiger partial charge in [0.2, 0.25) is 6.10 Å². The molecule has 0 radical (unpaired) electrons. The van der Waals surface area contributed by atoms with Crippen LogP contribution in [-0.2, 0) is 14.4 Å². The summed E-state index contributed by atoms with van der Waals surface area (Å²) in [7, 11) is 0. The van der Waals surface area contributed by atoms with Gasteiger partial charge in [-0.1, -0.05) is 22.9 Å². The first-order valence-electron chi connectivity index (χ1n) is 8.02. The number of carbonyl (C=O) groups is 2. The van der Waals surface area contributed by atoms with Crippen molar-refractivity contribution in [2.45, 2.75) is 52.7 Å². The Kier molecular flexibility index (Phi) is 3.86. The van der Waals surface area contributed by atoms with Crippen molar-refractivity contribution in [1.82, 2.24) is 4.90 Å². The minimum atomic E-state index is -0.787. The number of imide groups is 1. The van der Waals surface area contributed by atoms with Crippen molar-refractivity contribution in [2.75, 3.05) is 6.61 Å². The van der Waals surface area contributed by atoms with Crippen molar-refractivity contribution in [1.29, 1.82) is 0 Å². The molecule has 2 aliphatic heterocycles. The summed E-state index contributed by atoms with van der Waals surface area (Å²) in [6.07, 6.45) is -1.06. The van der Waals surface area contributed by atoms with Crippen molar-refractivity contribution in [3.63, 3.8) is 0 Å². The minimum absolute atomic E-state index is 0.189. The molecule has 1 saturated heterocycles. The molecule has 0 saturated carbocycles. The first kappa shape index (κ1) is 16.5. The van der Waals surface area contributed by atoms with Gasteiger partial charge in [0.05, 0.1) is 11.3 Å². The molecule has 24 heavy (non-hydrogen) atoms. The lowest BCUT2D eigenvalue weighted by Crippen LogP contribution is -2.50. The van der Waals surface area contributed by atoms with Crippen molar-refractivity contribution < 1.29 is 19.2 Å². The molecular formula is C18H22N2O4. The van der Waals surface area contributed by atoms with Gasteiger partial charge in [-0.05, 0) is 45.7 Å². The van der Waals surface area contributed by atoms with E-state index in [4.69, 9.17) is 9.57 Å². The molecule has 2 heterocycles. The third-order valence-corrected chi connectivity index (χ3v) is 4.47. The summed E-state index contributed by atoms with van der Waals surface area (Å²) in [6, 6.07) is 4.17. The molecule has 2 aliphatic rings. The molecule has 2 amide bonds. The van der Waals surface area contributed by atoms with Crippen LogP contribution in [0.2, 0.25) is 0 Å². The maximum atomic E-state index is 12.7. The average molecular weight is 330 g/mol. The maximum absolute atomic E-state index is 12.7. The molecule has 1 aromatic carbocycles. The molecule has 1 atom stereocenters. The predicted molar refractivity (Wildman–Crippen MR) is 89.0 cm³/mol. The predicted octanol–water partition coefficient (Wildman–Crippen LogP) is 2.86. The number of cyclic esters (lactones) is 1. The Morgan fingerprint density at radius 3 is 2.42 bits per heavy atom. The van der Waals surface area contributed by atoms with Crippen LogP contribution in [0, 0.1) is 20.8 Å². The van der Waals surface area contributed by atoms with Gasteiger partial charge in [0.25, 0.3) is 5.91 Å². The number of hydrogen-bond acceptors (Lipinski definition) is 5. The molecule has 1 fully saturated rings.